The third-order valence-electron chi connectivity index (χ3n) is 3.15. The van der Waals surface area contributed by atoms with E-state index in [0.29, 0.717) is 10.9 Å². The SMILES string of the molecule is O=c1[nH]c2cc(O)ccc2c(O)c1OCc1ccccc1. The van der Waals surface area contributed by atoms with Crippen molar-refractivity contribution in [1.82, 2.24) is 4.98 Å². The molecule has 0 atom stereocenters. The van der Waals surface area contributed by atoms with E-state index in [4.69, 9.17) is 4.74 Å². The summed E-state index contributed by atoms with van der Waals surface area (Å²) in [7, 11) is 0. The second-order valence-electron chi connectivity index (χ2n) is 4.64. The first-order valence-corrected chi connectivity index (χ1v) is 6.40. The van der Waals surface area contributed by atoms with Crippen molar-refractivity contribution >= 4 is 10.9 Å². The van der Waals surface area contributed by atoms with Gasteiger partial charge in [0.2, 0.25) is 5.75 Å². The molecule has 0 saturated heterocycles. The number of aromatic hydroxyl groups is 2. The molecule has 0 fully saturated rings. The largest absolute Gasteiger partial charge is 0.508 e. The average Bonchev–Trinajstić information content (AvgIpc) is 2.47. The van der Waals surface area contributed by atoms with Gasteiger partial charge in [0, 0.05) is 11.5 Å². The van der Waals surface area contributed by atoms with Gasteiger partial charge in [0.25, 0.3) is 5.56 Å². The molecule has 0 unspecified atom stereocenters. The van der Waals surface area contributed by atoms with Gasteiger partial charge in [0.1, 0.15) is 12.4 Å². The number of benzene rings is 2. The van der Waals surface area contributed by atoms with Gasteiger partial charge in [-0.25, -0.2) is 0 Å². The summed E-state index contributed by atoms with van der Waals surface area (Å²) in [4.78, 5) is 14.5. The number of aromatic amines is 1. The summed E-state index contributed by atoms with van der Waals surface area (Å²) in [5, 5.41) is 20.0. The molecule has 0 aliphatic heterocycles. The van der Waals surface area contributed by atoms with Crippen molar-refractivity contribution in [3.63, 3.8) is 0 Å². The van der Waals surface area contributed by atoms with Crippen LogP contribution in [0.25, 0.3) is 10.9 Å². The van der Waals surface area contributed by atoms with Gasteiger partial charge in [-0.1, -0.05) is 30.3 Å². The van der Waals surface area contributed by atoms with Gasteiger partial charge in [0.05, 0.1) is 5.52 Å². The Bertz CT molecular complexity index is 840. The maximum atomic E-state index is 12.0. The highest BCUT2D eigenvalue weighted by Crippen LogP contribution is 2.31. The number of fused-ring (bicyclic) bond motifs is 1. The first-order valence-electron chi connectivity index (χ1n) is 6.40. The van der Waals surface area contributed by atoms with Gasteiger partial charge in [-0.2, -0.15) is 0 Å². The number of rotatable bonds is 3. The molecule has 0 aliphatic rings. The summed E-state index contributed by atoms with van der Waals surface area (Å²) in [6.45, 7) is 0.182. The molecule has 1 aromatic heterocycles. The lowest BCUT2D eigenvalue weighted by Gasteiger charge is -2.09. The highest BCUT2D eigenvalue weighted by Gasteiger charge is 2.13. The predicted octanol–water partition coefficient (Wildman–Crippen LogP) is 2.52. The van der Waals surface area contributed by atoms with E-state index in [0.717, 1.165) is 5.56 Å². The van der Waals surface area contributed by atoms with Crippen LogP contribution in [0, 0.1) is 0 Å². The van der Waals surface area contributed by atoms with Crippen molar-refractivity contribution < 1.29 is 14.9 Å². The van der Waals surface area contributed by atoms with E-state index >= 15 is 0 Å². The quantitative estimate of drug-likeness (QED) is 0.689. The van der Waals surface area contributed by atoms with E-state index in [2.05, 4.69) is 4.98 Å². The first kappa shape index (κ1) is 13.1. The Balaban J connectivity index is 1.99. The number of hydrogen-bond donors (Lipinski definition) is 3. The lowest BCUT2D eigenvalue weighted by atomic mass is 10.2. The summed E-state index contributed by atoms with van der Waals surface area (Å²) >= 11 is 0. The maximum absolute atomic E-state index is 12.0. The van der Waals surface area contributed by atoms with Gasteiger partial charge in [-0.15, -0.1) is 0 Å². The number of phenolic OH excluding ortho intramolecular Hbond substituents is 1. The fourth-order valence-corrected chi connectivity index (χ4v) is 2.11. The van der Waals surface area contributed by atoms with E-state index in [1.54, 1.807) is 0 Å². The molecule has 3 rings (SSSR count). The highest BCUT2D eigenvalue weighted by molar-refractivity contribution is 5.87. The number of aromatic nitrogens is 1. The normalized spacial score (nSPS) is 10.7. The Labute approximate surface area is 120 Å². The van der Waals surface area contributed by atoms with E-state index in [-0.39, 0.29) is 23.9 Å². The zero-order valence-corrected chi connectivity index (χ0v) is 11.0. The third-order valence-corrected chi connectivity index (χ3v) is 3.15. The standard InChI is InChI=1S/C16H13NO4/c18-11-6-7-12-13(8-11)17-16(20)15(14(12)19)21-9-10-4-2-1-3-5-10/h1-8,18H,9H2,(H2,17,19,20). The number of phenols is 1. The van der Waals surface area contributed by atoms with Gasteiger partial charge in [-0.05, 0) is 17.7 Å². The van der Waals surface area contributed by atoms with Crippen LogP contribution < -0.4 is 10.3 Å². The zero-order valence-electron chi connectivity index (χ0n) is 11.0. The first-order chi connectivity index (χ1) is 10.1. The minimum atomic E-state index is -0.540. The van der Waals surface area contributed by atoms with Gasteiger partial charge in [0.15, 0.2) is 5.75 Å². The Kier molecular flexibility index (Phi) is 3.23. The fraction of sp³-hybridized carbons (Fsp3) is 0.0625. The molecule has 3 aromatic rings. The van der Waals surface area contributed by atoms with Crippen LogP contribution in [0.15, 0.2) is 53.3 Å². The van der Waals surface area contributed by atoms with Gasteiger partial charge >= 0.3 is 0 Å². The smallest absolute Gasteiger partial charge is 0.294 e. The lowest BCUT2D eigenvalue weighted by Crippen LogP contribution is -2.11. The van der Waals surface area contributed by atoms with Crippen LogP contribution in [0.5, 0.6) is 17.2 Å². The van der Waals surface area contributed by atoms with Crippen LogP contribution in [-0.4, -0.2) is 15.2 Å². The zero-order chi connectivity index (χ0) is 14.8. The van der Waals surface area contributed by atoms with Crippen molar-refractivity contribution in [3.8, 4) is 17.2 Å². The van der Waals surface area contributed by atoms with E-state index < -0.39 is 5.56 Å². The molecular weight excluding hydrogens is 270 g/mol. The number of hydrogen-bond acceptors (Lipinski definition) is 4. The summed E-state index contributed by atoms with van der Waals surface area (Å²) < 4.78 is 5.44. The molecule has 0 amide bonds. The van der Waals surface area contributed by atoms with Crippen LogP contribution in [0.1, 0.15) is 5.56 Å². The fourth-order valence-electron chi connectivity index (χ4n) is 2.11. The second kappa shape index (κ2) is 5.20. The number of H-pyrrole nitrogens is 1. The van der Waals surface area contributed by atoms with Gasteiger partial charge in [-0.3, -0.25) is 4.79 Å². The Hall–Kier alpha value is -2.95. The van der Waals surface area contributed by atoms with E-state index in [1.165, 1.54) is 18.2 Å². The molecule has 5 nitrogen and oxygen atoms in total. The average molecular weight is 283 g/mol. The Morgan fingerprint density at radius 3 is 2.57 bits per heavy atom. The van der Waals surface area contributed by atoms with Crippen LogP contribution in [0.3, 0.4) is 0 Å². The summed E-state index contributed by atoms with van der Waals surface area (Å²) in [5.41, 5.74) is 0.702. The molecule has 3 N–H and O–H groups in total. The molecule has 0 bridgehead atoms. The van der Waals surface area contributed by atoms with Crippen molar-refractivity contribution in [2.75, 3.05) is 0 Å². The van der Waals surface area contributed by atoms with Crippen LogP contribution in [0.4, 0.5) is 0 Å². The van der Waals surface area contributed by atoms with Crippen LogP contribution >= 0.6 is 0 Å². The molecule has 1 heterocycles. The summed E-state index contributed by atoms with van der Waals surface area (Å²) in [6.07, 6.45) is 0. The number of pyridine rings is 1. The van der Waals surface area contributed by atoms with E-state index in [9.17, 15) is 15.0 Å². The molecule has 106 valence electrons. The lowest BCUT2D eigenvalue weighted by molar-refractivity contribution is 0.286. The van der Waals surface area contributed by atoms with Crippen molar-refractivity contribution in [1.29, 1.82) is 0 Å². The van der Waals surface area contributed by atoms with Gasteiger partial charge < -0.3 is 19.9 Å². The van der Waals surface area contributed by atoms with Crippen LogP contribution in [-0.2, 0) is 6.61 Å². The minimum Gasteiger partial charge on any atom is -0.508 e. The van der Waals surface area contributed by atoms with Crippen molar-refractivity contribution in [3.05, 3.63) is 64.4 Å². The van der Waals surface area contributed by atoms with Crippen molar-refractivity contribution in [2.24, 2.45) is 0 Å². The molecule has 0 saturated carbocycles. The second-order valence-corrected chi connectivity index (χ2v) is 4.64. The minimum absolute atomic E-state index is 0.00973. The number of nitrogens with one attached hydrogen (secondary N) is 1. The Morgan fingerprint density at radius 2 is 1.81 bits per heavy atom. The van der Waals surface area contributed by atoms with Crippen molar-refractivity contribution in [2.45, 2.75) is 6.61 Å². The summed E-state index contributed by atoms with van der Waals surface area (Å²) in [6, 6.07) is 13.7. The molecule has 21 heavy (non-hydrogen) atoms. The highest BCUT2D eigenvalue weighted by atomic mass is 16.5. The Morgan fingerprint density at radius 1 is 1.05 bits per heavy atom. The van der Waals surface area contributed by atoms with E-state index in [1.807, 2.05) is 30.3 Å². The monoisotopic (exact) mass is 283 g/mol. The molecular formula is C16H13NO4. The molecule has 0 radical (unpaired) electrons. The molecule has 0 spiro atoms. The molecule has 0 aliphatic carbocycles. The predicted molar refractivity (Wildman–Crippen MR) is 78.7 cm³/mol. The number of ether oxygens (including phenoxy) is 1. The van der Waals surface area contributed by atoms with Crippen LogP contribution in [0.2, 0.25) is 0 Å². The molecule has 5 heteroatoms. The topological polar surface area (TPSA) is 82.6 Å². The maximum Gasteiger partial charge on any atom is 0.294 e. The molecule has 2 aromatic carbocycles. The third kappa shape index (κ3) is 2.53. The summed E-state index contributed by atoms with van der Waals surface area (Å²) in [5.74, 6) is -0.350.